The highest BCUT2D eigenvalue weighted by Crippen LogP contribution is 2.27. The number of rotatable bonds is 4. The van der Waals surface area contributed by atoms with Gasteiger partial charge in [-0.3, -0.25) is 15.1 Å². The second kappa shape index (κ2) is 8.68. The molecule has 0 aliphatic heterocycles. The van der Waals surface area contributed by atoms with Gasteiger partial charge in [0.2, 0.25) is 5.89 Å². The fourth-order valence-electron chi connectivity index (χ4n) is 3.52. The molecule has 2 N–H and O–H groups in total. The first kappa shape index (κ1) is 20.6. The van der Waals surface area contributed by atoms with Crippen LogP contribution in [0.3, 0.4) is 0 Å². The number of methoxy groups -OCH3 is 1. The summed E-state index contributed by atoms with van der Waals surface area (Å²) in [6, 6.07) is 20.4. The molecule has 7 nitrogen and oxygen atoms in total. The van der Waals surface area contributed by atoms with Gasteiger partial charge in [0, 0.05) is 23.6 Å². The number of nitrogens with zero attached hydrogens (tertiary/aromatic N) is 2. The van der Waals surface area contributed by atoms with Gasteiger partial charge in [-0.2, -0.15) is 0 Å². The number of fused-ring (bicyclic) bond motifs is 2. The minimum atomic E-state index is -0.363. The summed E-state index contributed by atoms with van der Waals surface area (Å²) in [5, 5.41) is 7.82. The maximum absolute atomic E-state index is 12.9. The van der Waals surface area contributed by atoms with Crippen LogP contribution in [0.4, 0.5) is 5.69 Å². The Bertz CT molecular complexity index is 1500. The van der Waals surface area contributed by atoms with E-state index in [-0.39, 0.29) is 11.0 Å². The van der Waals surface area contributed by atoms with Crippen LogP contribution in [0.5, 0.6) is 5.75 Å². The van der Waals surface area contributed by atoms with Crippen LogP contribution >= 0.6 is 12.2 Å². The maximum atomic E-state index is 12.9. The molecule has 0 saturated heterocycles. The molecule has 0 spiro atoms. The van der Waals surface area contributed by atoms with E-state index in [1.165, 1.54) is 7.11 Å². The summed E-state index contributed by atoms with van der Waals surface area (Å²) in [4.78, 5) is 21.4. The highest BCUT2D eigenvalue weighted by molar-refractivity contribution is 7.80. The number of aromatic nitrogens is 2. The van der Waals surface area contributed by atoms with Crippen LogP contribution in [-0.4, -0.2) is 28.1 Å². The molecule has 0 unspecified atom stereocenters. The first-order valence-electron chi connectivity index (χ1n) is 10.1. The highest BCUT2D eigenvalue weighted by atomic mass is 32.1. The predicted molar refractivity (Wildman–Crippen MR) is 131 cm³/mol. The number of carbonyl (C=O) groups excluding carboxylic acids is 1. The smallest absolute Gasteiger partial charge is 0.261 e. The lowest BCUT2D eigenvalue weighted by Crippen LogP contribution is -2.34. The Morgan fingerprint density at radius 1 is 1.00 bits per heavy atom. The molecule has 0 atom stereocenters. The van der Waals surface area contributed by atoms with Crippen molar-refractivity contribution in [2.45, 2.75) is 0 Å². The van der Waals surface area contributed by atoms with Crippen LogP contribution in [-0.2, 0) is 0 Å². The average molecular weight is 455 g/mol. The fraction of sp³-hybridized carbons (Fsp3) is 0.0400. The minimum absolute atomic E-state index is 0.160. The lowest BCUT2D eigenvalue weighted by Gasteiger charge is -2.12. The van der Waals surface area contributed by atoms with Crippen molar-refractivity contribution in [2.75, 3.05) is 12.4 Å². The largest absolute Gasteiger partial charge is 0.496 e. The zero-order valence-corrected chi connectivity index (χ0v) is 18.3. The van der Waals surface area contributed by atoms with Gasteiger partial charge in [0.1, 0.15) is 11.3 Å². The third-order valence-corrected chi connectivity index (χ3v) is 5.32. The second-order valence-corrected chi connectivity index (χ2v) is 7.65. The topological polar surface area (TPSA) is 89.3 Å². The van der Waals surface area contributed by atoms with Crippen molar-refractivity contribution in [3.8, 4) is 17.2 Å². The van der Waals surface area contributed by atoms with E-state index >= 15 is 0 Å². The first-order chi connectivity index (χ1) is 16.1. The molecule has 33 heavy (non-hydrogen) atoms. The lowest BCUT2D eigenvalue weighted by atomic mass is 10.1. The fourth-order valence-corrected chi connectivity index (χ4v) is 3.73. The van der Waals surface area contributed by atoms with E-state index in [9.17, 15) is 4.79 Å². The second-order valence-electron chi connectivity index (χ2n) is 7.25. The molecule has 162 valence electrons. The number of ether oxygens (including phenoxy) is 1. The van der Waals surface area contributed by atoms with Crippen LogP contribution in [0, 0.1) is 0 Å². The predicted octanol–water partition coefficient (Wildman–Crippen LogP) is 5.18. The number of carbonyl (C=O) groups is 1. The number of pyridine rings is 1. The number of nitrogens with one attached hydrogen (secondary N) is 2. The molecule has 2 aromatic heterocycles. The Labute approximate surface area is 194 Å². The van der Waals surface area contributed by atoms with Crippen molar-refractivity contribution in [1.29, 1.82) is 0 Å². The van der Waals surface area contributed by atoms with Crippen LogP contribution in [0.15, 0.2) is 83.5 Å². The minimum Gasteiger partial charge on any atom is -0.496 e. The van der Waals surface area contributed by atoms with E-state index < -0.39 is 0 Å². The third-order valence-electron chi connectivity index (χ3n) is 5.11. The zero-order valence-electron chi connectivity index (χ0n) is 17.5. The van der Waals surface area contributed by atoms with Gasteiger partial charge in [0.25, 0.3) is 5.91 Å². The van der Waals surface area contributed by atoms with Crippen molar-refractivity contribution < 1.29 is 13.9 Å². The van der Waals surface area contributed by atoms with Gasteiger partial charge in [-0.25, -0.2) is 4.98 Å². The number of hydrogen-bond donors (Lipinski definition) is 2. The van der Waals surface area contributed by atoms with E-state index in [0.717, 1.165) is 16.3 Å². The van der Waals surface area contributed by atoms with Crippen LogP contribution in [0.25, 0.3) is 33.3 Å². The lowest BCUT2D eigenvalue weighted by molar-refractivity contribution is 0.0975. The average Bonchev–Trinajstić information content (AvgIpc) is 3.27. The van der Waals surface area contributed by atoms with E-state index in [1.807, 2.05) is 42.5 Å². The molecule has 0 fully saturated rings. The molecule has 0 saturated carbocycles. The SMILES string of the molecule is COc1cc2ccccc2cc1C(=O)NC(=S)Nc1ccc2oc(-c3ccncc3)nc2c1. The van der Waals surface area contributed by atoms with Crippen LogP contribution in [0.2, 0.25) is 0 Å². The Hall–Kier alpha value is -4.30. The number of hydrogen-bond acceptors (Lipinski definition) is 6. The number of benzene rings is 3. The van der Waals surface area contributed by atoms with Crippen LogP contribution in [0.1, 0.15) is 10.4 Å². The van der Waals surface area contributed by atoms with Gasteiger partial charge in [0.15, 0.2) is 10.7 Å². The maximum Gasteiger partial charge on any atom is 0.261 e. The summed E-state index contributed by atoms with van der Waals surface area (Å²) in [7, 11) is 1.53. The van der Waals surface area contributed by atoms with Gasteiger partial charge >= 0.3 is 0 Å². The van der Waals surface area contributed by atoms with Gasteiger partial charge in [-0.05, 0) is 65.5 Å². The van der Waals surface area contributed by atoms with E-state index in [0.29, 0.717) is 34.0 Å². The summed E-state index contributed by atoms with van der Waals surface area (Å²) >= 11 is 5.36. The molecule has 5 rings (SSSR count). The molecule has 5 aromatic rings. The van der Waals surface area contributed by atoms with Crippen molar-refractivity contribution >= 4 is 50.8 Å². The van der Waals surface area contributed by atoms with Gasteiger partial charge in [-0.1, -0.05) is 24.3 Å². The Balaban J connectivity index is 1.33. The number of thiocarbonyl (C=S) groups is 1. The molecular weight excluding hydrogens is 436 g/mol. The standard InChI is InChI=1S/C25H18N4O3S/c1-31-22-13-17-5-3-2-4-16(17)12-19(22)23(30)29-25(33)27-18-6-7-21-20(14-18)28-24(32-21)15-8-10-26-11-9-15/h2-14H,1H3,(H2,27,29,30,33). The number of anilines is 1. The molecule has 1 amide bonds. The first-order valence-corrected chi connectivity index (χ1v) is 10.5. The zero-order chi connectivity index (χ0) is 22.8. The summed E-state index contributed by atoms with van der Waals surface area (Å²) in [6.07, 6.45) is 3.37. The van der Waals surface area contributed by atoms with Gasteiger partial charge in [0.05, 0.1) is 12.7 Å². The van der Waals surface area contributed by atoms with Gasteiger partial charge < -0.3 is 14.5 Å². The summed E-state index contributed by atoms with van der Waals surface area (Å²) in [6.45, 7) is 0. The molecule has 0 aliphatic rings. The van der Waals surface area contributed by atoms with E-state index in [2.05, 4.69) is 20.6 Å². The van der Waals surface area contributed by atoms with Crippen molar-refractivity contribution in [3.05, 3.63) is 84.7 Å². The quantitative estimate of drug-likeness (QED) is 0.362. The summed E-state index contributed by atoms with van der Waals surface area (Å²) in [5.74, 6) is 0.614. The Morgan fingerprint density at radius 2 is 1.76 bits per heavy atom. The van der Waals surface area contributed by atoms with E-state index in [1.54, 1.807) is 36.7 Å². The third kappa shape index (κ3) is 4.24. The Kier molecular flexibility index (Phi) is 5.42. The molecule has 0 radical (unpaired) electrons. The summed E-state index contributed by atoms with van der Waals surface area (Å²) in [5.41, 5.74) is 3.21. The van der Waals surface area contributed by atoms with Crippen molar-refractivity contribution in [3.63, 3.8) is 0 Å². The summed E-state index contributed by atoms with van der Waals surface area (Å²) < 4.78 is 11.2. The van der Waals surface area contributed by atoms with Crippen LogP contribution < -0.4 is 15.4 Å². The van der Waals surface area contributed by atoms with E-state index in [4.69, 9.17) is 21.4 Å². The Morgan fingerprint density at radius 3 is 2.52 bits per heavy atom. The monoisotopic (exact) mass is 454 g/mol. The molecule has 0 aliphatic carbocycles. The van der Waals surface area contributed by atoms with Crippen molar-refractivity contribution in [1.82, 2.24) is 15.3 Å². The number of oxazole rings is 1. The number of amides is 1. The van der Waals surface area contributed by atoms with Crippen molar-refractivity contribution in [2.24, 2.45) is 0 Å². The van der Waals surface area contributed by atoms with Gasteiger partial charge in [-0.15, -0.1) is 0 Å². The normalized spacial score (nSPS) is 10.8. The molecule has 8 heteroatoms. The molecule has 0 bridgehead atoms. The molecular formula is C25H18N4O3S. The molecule has 2 heterocycles. The molecule has 3 aromatic carbocycles. The highest BCUT2D eigenvalue weighted by Gasteiger charge is 2.16.